The molecule has 0 atom stereocenters. The molecule has 0 aliphatic heterocycles. The van der Waals surface area contributed by atoms with E-state index < -0.39 is 0 Å². The minimum Gasteiger partial charge on any atom is -0.315 e. The second kappa shape index (κ2) is 4.01. The zero-order valence-corrected chi connectivity index (χ0v) is 10.6. The molecule has 0 saturated heterocycles. The molecule has 3 heteroatoms. The van der Waals surface area contributed by atoms with Gasteiger partial charge in [-0.2, -0.15) is 0 Å². The predicted octanol–water partition coefficient (Wildman–Crippen LogP) is 3.69. The molecule has 1 nitrogen and oxygen atoms in total. The Morgan fingerprint density at radius 1 is 1.43 bits per heavy atom. The van der Waals surface area contributed by atoms with Crippen molar-refractivity contribution in [1.29, 1.82) is 0 Å². The topological polar surface area (TPSA) is 12.0 Å². The molecule has 74 valence electrons. The molecule has 0 bridgehead atoms. The van der Waals surface area contributed by atoms with Crippen LogP contribution in [0.4, 0.5) is 0 Å². The first-order valence-electron chi connectivity index (χ1n) is 4.54. The Hall–Kier alpha value is -0.380. The van der Waals surface area contributed by atoms with Gasteiger partial charge in [0.25, 0.3) is 0 Å². The molecule has 1 heterocycles. The standard InChI is InChI=1S/C11H12BrNS/c1-7-9-5-8(12)3-4-10(9)14-11(7)6-13-2/h3-5,13H,6H2,1-2H3. The van der Waals surface area contributed by atoms with Crippen molar-refractivity contribution in [2.24, 2.45) is 0 Å². The largest absolute Gasteiger partial charge is 0.315 e. The number of aryl methyl sites for hydroxylation is 1. The Labute approximate surface area is 96.3 Å². The van der Waals surface area contributed by atoms with E-state index in [-0.39, 0.29) is 0 Å². The highest BCUT2D eigenvalue weighted by Gasteiger charge is 2.07. The monoisotopic (exact) mass is 269 g/mol. The summed E-state index contributed by atoms with van der Waals surface area (Å²) in [5.41, 5.74) is 1.40. The van der Waals surface area contributed by atoms with Crippen molar-refractivity contribution in [2.75, 3.05) is 7.05 Å². The summed E-state index contributed by atoms with van der Waals surface area (Å²) in [6, 6.07) is 6.47. The van der Waals surface area contributed by atoms with Gasteiger partial charge in [-0.3, -0.25) is 0 Å². The maximum atomic E-state index is 3.50. The van der Waals surface area contributed by atoms with Gasteiger partial charge in [0.1, 0.15) is 0 Å². The number of hydrogen-bond acceptors (Lipinski definition) is 2. The van der Waals surface area contributed by atoms with Gasteiger partial charge in [-0.1, -0.05) is 15.9 Å². The van der Waals surface area contributed by atoms with Crippen LogP contribution in [0.5, 0.6) is 0 Å². The molecule has 2 rings (SSSR count). The highest BCUT2D eigenvalue weighted by molar-refractivity contribution is 9.10. The molecule has 14 heavy (non-hydrogen) atoms. The lowest BCUT2D eigenvalue weighted by Gasteiger charge is -1.96. The summed E-state index contributed by atoms with van der Waals surface area (Å²) in [6.07, 6.45) is 0. The Kier molecular flexibility index (Phi) is 2.91. The van der Waals surface area contributed by atoms with Crippen LogP contribution >= 0.6 is 27.3 Å². The molecule has 0 unspecified atom stereocenters. The first kappa shape index (κ1) is 10.1. The van der Waals surface area contributed by atoms with E-state index in [0.717, 1.165) is 11.0 Å². The molecule has 0 saturated carbocycles. The third-order valence-electron chi connectivity index (χ3n) is 2.33. The van der Waals surface area contributed by atoms with Crippen LogP contribution in [-0.4, -0.2) is 7.05 Å². The molecular formula is C11H12BrNS. The van der Waals surface area contributed by atoms with Gasteiger partial charge in [0.15, 0.2) is 0 Å². The minimum absolute atomic E-state index is 0.961. The van der Waals surface area contributed by atoms with E-state index in [2.05, 4.69) is 46.4 Å². The summed E-state index contributed by atoms with van der Waals surface area (Å²) in [5, 5.41) is 4.57. The van der Waals surface area contributed by atoms with Crippen molar-refractivity contribution in [2.45, 2.75) is 13.5 Å². The second-order valence-electron chi connectivity index (χ2n) is 3.32. The molecule has 0 amide bonds. The van der Waals surface area contributed by atoms with Gasteiger partial charge >= 0.3 is 0 Å². The van der Waals surface area contributed by atoms with Crippen LogP contribution < -0.4 is 5.32 Å². The van der Waals surface area contributed by atoms with E-state index >= 15 is 0 Å². The number of fused-ring (bicyclic) bond motifs is 1. The van der Waals surface area contributed by atoms with Crippen molar-refractivity contribution in [3.63, 3.8) is 0 Å². The van der Waals surface area contributed by atoms with E-state index in [1.54, 1.807) is 0 Å². The van der Waals surface area contributed by atoms with Crippen LogP contribution in [-0.2, 0) is 6.54 Å². The Morgan fingerprint density at radius 2 is 2.21 bits per heavy atom. The third-order valence-corrected chi connectivity index (χ3v) is 4.10. The van der Waals surface area contributed by atoms with Crippen LogP contribution in [0.2, 0.25) is 0 Å². The molecule has 1 N–H and O–H groups in total. The van der Waals surface area contributed by atoms with Gasteiger partial charge in [0.05, 0.1) is 0 Å². The average molecular weight is 270 g/mol. The van der Waals surface area contributed by atoms with Crippen molar-refractivity contribution in [3.8, 4) is 0 Å². The van der Waals surface area contributed by atoms with Crippen LogP contribution in [0, 0.1) is 6.92 Å². The number of hydrogen-bond donors (Lipinski definition) is 1. The summed E-state index contributed by atoms with van der Waals surface area (Å²) < 4.78 is 2.53. The van der Waals surface area contributed by atoms with Crippen molar-refractivity contribution in [1.82, 2.24) is 5.32 Å². The lowest BCUT2D eigenvalue weighted by atomic mass is 10.1. The van der Waals surface area contributed by atoms with Gasteiger partial charge in [0, 0.05) is 20.6 Å². The van der Waals surface area contributed by atoms with Gasteiger partial charge in [-0.15, -0.1) is 11.3 Å². The average Bonchev–Trinajstić information content (AvgIpc) is 2.46. The van der Waals surface area contributed by atoms with Gasteiger partial charge in [-0.05, 0) is 43.1 Å². The number of thiophene rings is 1. The van der Waals surface area contributed by atoms with Crippen LogP contribution in [0.25, 0.3) is 10.1 Å². The first-order valence-corrected chi connectivity index (χ1v) is 6.15. The summed E-state index contributed by atoms with van der Waals surface area (Å²) in [4.78, 5) is 1.43. The molecule has 0 spiro atoms. The first-order chi connectivity index (χ1) is 6.72. The molecule has 2 aromatic rings. The van der Waals surface area contributed by atoms with Crippen LogP contribution in [0.3, 0.4) is 0 Å². The van der Waals surface area contributed by atoms with Gasteiger partial charge < -0.3 is 5.32 Å². The SMILES string of the molecule is CNCc1sc2ccc(Br)cc2c1C. The van der Waals surface area contributed by atoms with E-state index in [1.807, 2.05) is 18.4 Å². The Balaban J connectivity index is 2.62. The Morgan fingerprint density at radius 3 is 2.93 bits per heavy atom. The van der Waals surface area contributed by atoms with Crippen molar-refractivity contribution in [3.05, 3.63) is 33.1 Å². The fourth-order valence-corrected chi connectivity index (χ4v) is 3.14. The summed E-state index contributed by atoms with van der Waals surface area (Å²) >= 11 is 5.38. The van der Waals surface area contributed by atoms with Crippen molar-refractivity contribution < 1.29 is 0 Å². The normalized spacial score (nSPS) is 11.1. The van der Waals surface area contributed by atoms with E-state index in [0.29, 0.717) is 0 Å². The number of nitrogens with one attached hydrogen (secondary N) is 1. The maximum Gasteiger partial charge on any atom is 0.0349 e. The van der Waals surface area contributed by atoms with Crippen LogP contribution in [0.15, 0.2) is 22.7 Å². The molecular weight excluding hydrogens is 258 g/mol. The summed E-state index contributed by atoms with van der Waals surface area (Å²) in [6.45, 7) is 3.15. The quantitative estimate of drug-likeness (QED) is 0.877. The van der Waals surface area contributed by atoms with Gasteiger partial charge in [0.2, 0.25) is 0 Å². The fourth-order valence-electron chi connectivity index (χ4n) is 1.57. The van der Waals surface area contributed by atoms with E-state index in [9.17, 15) is 0 Å². The summed E-state index contributed by atoms with van der Waals surface area (Å²) in [7, 11) is 1.99. The number of benzene rings is 1. The molecule has 0 fully saturated rings. The van der Waals surface area contributed by atoms with Gasteiger partial charge in [-0.25, -0.2) is 0 Å². The van der Waals surface area contributed by atoms with Crippen LogP contribution in [0.1, 0.15) is 10.4 Å². The second-order valence-corrected chi connectivity index (χ2v) is 5.37. The molecule has 1 aromatic heterocycles. The lowest BCUT2D eigenvalue weighted by Crippen LogP contribution is -2.03. The van der Waals surface area contributed by atoms with E-state index in [4.69, 9.17) is 0 Å². The molecule has 1 aromatic carbocycles. The zero-order chi connectivity index (χ0) is 10.1. The molecule has 0 aliphatic carbocycles. The Bertz CT molecular complexity index is 462. The number of halogens is 1. The fraction of sp³-hybridized carbons (Fsp3) is 0.273. The van der Waals surface area contributed by atoms with Crippen molar-refractivity contribution >= 4 is 37.4 Å². The third kappa shape index (κ3) is 1.72. The maximum absolute atomic E-state index is 3.50. The highest BCUT2D eigenvalue weighted by atomic mass is 79.9. The summed E-state index contributed by atoms with van der Waals surface area (Å²) in [5.74, 6) is 0. The predicted molar refractivity (Wildman–Crippen MR) is 67.0 cm³/mol. The van der Waals surface area contributed by atoms with E-state index in [1.165, 1.54) is 20.5 Å². The minimum atomic E-state index is 0.961. The smallest absolute Gasteiger partial charge is 0.0349 e. The molecule has 0 radical (unpaired) electrons. The highest BCUT2D eigenvalue weighted by Crippen LogP contribution is 2.32. The number of rotatable bonds is 2. The molecule has 0 aliphatic rings. The zero-order valence-electron chi connectivity index (χ0n) is 8.23. The lowest BCUT2D eigenvalue weighted by molar-refractivity contribution is 0.827.